The van der Waals surface area contributed by atoms with E-state index in [2.05, 4.69) is 12.2 Å². The van der Waals surface area contributed by atoms with Gasteiger partial charge in [0, 0.05) is 12.1 Å². The van der Waals surface area contributed by atoms with E-state index in [-0.39, 0.29) is 11.4 Å². The molecule has 0 aliphatic heterocycles. The minimum Gasteiger partial charge on any atom is -0.496 e. The highest BCUT2D eigenvalue weighted by Gasteiger charge is 2.35. The summed E-state index contributed by atoms with van der Waals surface area (Å²) in [5.74, 6) is 1.40. The molecule has 3 N–H and O–H groups in total. The predicted molar refractivity (Wildman–Crippen MR) is 84.3 cm³/mol. The Morgan fingerprint density at radius 3 is 2.90 bits per heavy atom. The SMILES string of the molecule is COc1ccccc1CC(=O)NC1(CN)CCCC(C)C1. The second-order valence-corrected chi connectivity index (χ2v) is 6.22. The maximum Gasteiger partial charge on any atom is 0.225 e. The van der Waals surface area contributed by atoms with Crippen LogP contribution in [-0.4, -0.2) is 25.1 Å². The van der Waals surface area contributed by atoms with Gasteiger partial charge in [0.1, 0.15) is 5.75 Å². The summed E-state index contributed by atoms with van der Waals surface area (Å²) in [5.41, 5.74) is 6.64. The van der Waals surface area contributed by atoms with Crippen LogP contribution >= 0.6 is 0 Å². The highest BCUT2D eigenvalue weighted by Crippen LogP contribution is 2.31. The van der Waals surface area contributed by atoms with Gasteiger partial charge in [-0.15, -0.1) is 0 Å². The summed E-state index contributed by atoms with van der Waals surface area (Å²) in [6, 6.07) is 7.64. The Labute approximate surface area is 127 Å². The fraction of sp³-hybridized carbons (Fsp3) is 0.588. The van der Waals surface area contributed by atoms with Gasteiger partial charge >= 0.3 is 0 Å². The van der Waals surface area contributed by atoms with Crippen LogP contribution in [0.15, 0.2) is 24.3 Å². The minimum absolute atomic E-state index is 0.0269. The van der Waals surface area contributed by atoms with Gasteiger partial charge in [-0.05, 0) is 24.8 Å². The number of nitrogens with one attached hydrogen (secondary N) is 1. The normalized spacial score (nSPS) is 25.4. The van der Waals surface area contributed by atoms with E-state index in [1.807, 2.05) is 24.3 Å². The number of amides is 1. The highest BCUT2D eigenvalue weighted by molar-refractivity contribution is 5.80. The van der Waals surface area contributed by atoms with Crippen molar-refractivity contribution < 1.29 is 9.53 Å². The Bertz CT molecular complexity index is 489. The zero-order valence-electron chi connectivity index (χ0n) is 13.0. The number of para-hydroxylation sites is 1. The van der Waals surface area contributed by atoms with Gasteiger partial charge in [0.25, 0.3) is 0 Å². The molecule has 0 aromatic heterocycles. The first-order valence-corrected chi connectivity index (χ1v) is 7.71. The average Bonchev–Trinajstić information content (AvgIpc) is 2.47. The fourth-order valence-corrected chi connectivity index (χ4v) is 3.37. The van der Waals surface area contributed by atoms with Crippen molar-refractivity contribution in [2.45, 2.75) is 44.6 Å². The lowest BCUT2D eigenvalue weighted by atomic mass is 9.76. The first-order valence-electron chi connectivity index (χ1n) is 7.71. The summed E-state index contributed by atoms with van der Waals surface area (Å²) in [6.45, 7) is 2.74. The average molecular weight is 290 g/mol. The number of benzene rings is 1. The van der Waals surface area contributed by atoms with E-state index < -0.39 is 0 Å². The maximum atomic E-state index is 12.4. The van der Waals surface area contributed by atoms with Crippen molar-refractivity contribution in [1.29, 1.82) is 0 Å². The van der Waals surface area contributed by atoms with Gasteiger partial charge in [-0.1, -0.05) is 38.0 Å². The first-order chi connectivity index (χ1) is 10.1. The minimum atomic E-state index is -0.225. The lowest BCUT2D eigenvalue weighted by Gasteiger charge is -2.40. The van der Waals surface area contributed by atoms with Crippen LogP contribution in [-0.2, 0) is 11.2 Å². The molecule has 1 amide bonds. The predicted octanol–water partition coefficient (Wildman–Crippen LogP) is 2.26. The molecule has 2 atom stereocenters. The summed E-state index contributed by atoms with van der Waals surface area (Å²) in [7, 11) is 1.63. The molecule has 4 heteroatoms. The number of nitrogens with two attached hydrogens (primary N) is 1. The van der Waals surface area contributed by atoms with E-state index in [1.54, 1.807) is 7.11 Å². The second-order valence-electron chi connectivity index (χ2n) is 6.22. The third kappa shape index (κ3) is 3.97. The number of ether oxygens (including phenoxy) is 1. The second kappa shape index (κ2) is 6.94. The molecular formula is C17H26N2O2. The molecule has 0 radical (unpaired) electrons. The van der Waals surface area contributed by atoms with Gasteiger partial charge in [-0.2, -0.15) is 0 Å². The van der Waals surface area contributed by atoms with Gasteiger partial charge in [-0.25, -0.2) is 0 Å². The number of hydrogen-bond acceptors (Lipinski definition) is 3. The van der Waals surface area contributed by atoms with Crippen LogP contribution in [0.5, 0.6) is 5.75 Å². The van der Waals surface area contributed by atoms with Crippen molar-refractivity contribution in [2.24, 2.45) is 11.7 Å². The Balaban J connectivity index is 2.03. The largest absolute Gasteiger partial charge is 0.496 e. The van der Waals surface area contributed by atoms with E-state index in [0.29, 0.717) is 18.9 Å². The van der Waals surface area contributed by atoms with Crippen molar-refractivity contribution in [1.82, 2.24) is 5.32 Å². The summed E-state index contributed by atoms with van der Waals surface area (Å²) in [6.07, 6.45) is 4.64. The first kappa shape index (κ1) is 15.8. The molecule has 0 bridgehead atoms. The van der Waals surface area contributed by atoms with Gasteiger partial charge in [0.15, 0.2) is 0 Å². The standard InChI is InChI=1S/C17H26N2O2/c1-13-6-5-9-17(11-13,12-18)19-16(20)10-14-7-3-4-8-15(14)21-2/h3-4,7-8,13H,5-6,9-12,18H2,1-2H3,(H,19,20). The Kier molecular flexibility index (Phi) is 5.23. The van der Waals surface area contributed by atoms with E-state index in [0.717, 1.165) is 30.6 Å². The lowest BCUT2D eigenvalue weighted by Crippen LogP contribution is -2.56. The quantitative estimate of drug-likeness (QED) is 0.874. The Hall–Kier alpha value is -1.55. The van der Waals surface area contributed by atoms with Crippen molar-refractivity contribution in [3.8, 4) is 5.75 Å². The molecule has 0 spiro atoms. The monoisotopic (exact) mass is 290 g/mol. The van der Waals surface area contributed by atoms with Crippen molar-refractivity contribution in [3.63, 3.8) is 0 Å². The third-order valence-electron chi connectivity index (χ3n) is 4.43. The lowest BCUT2D eigenvalue weighted by molar-refractivity contribution is -0.122. The topological polar surface area (TPSA) is 64.3 Å². The van der Waals surface area contributed by atoms with Crippen LogP contribution in [0, 0.1) is 5.92 Å². The van der Waals surface area contributed by atoms with E-state index in [1.165, 1.54) is 6.42 Å². The number of carbonyl (C=O) groups excluding carboxylic acids is 1. The molecule has 1 aromatic rings. The van der Waals surface area contributed by atoms with Crippen LogP contribution in [0.25, 0.3) is 0 Å². The van der Waals surface area contributed by atoms with Crippen LogP contribution in [0.1, 0.15) is 38.2 Å². The molecule has 1 aliphatic rings. The number of hydrogen-bond donors (Lipinski definition) is 2. The van der Waals surface area contributed by atoms with Gasteiger partial charge in [0.2, 0.25) is 5.91 Å². The van der Waals surface area contributed by atoms with Gasteiger partial charge < -0.3 is 15.8 Å². The van der Waals surface area contributed by atoms with Crippen molar-refractivity contribution in [2.75, 3.05) is 13.7 Å². The van der Waals surface area contributed by atoms with E-state index in [4.69, 9.17) is 10.5 Å². The van der Waals surface area contributed by atoms with Crippen LogP contribution in [0.4, 0.5) is 0 Å². The maximum absolute atomic E-state index is 12.4. The molecule has 21 heavy (non-hydrogen) atoms. The molecule has 1 fully saturated rings. The molecule has 4 nitrogen and oxygen atoms in total. The molecule has 1 aliphatic carbocycles. The van der Waals surface area contributed by atoms with Gasteiger partial charge in [-0.3, -0.25) is 4.79 Å². The smallest absolute Gasteiger partial charge is 0.225 e. The van der Waals surface area contributed by atoms with Crippen molar-refractivity contribution in [3.05, 3.63) is 29.8 Å². The molecule has 1 aromatic carbocycles. The van der Waals surface area contributed by atoms with Crippen molar-refractivity contribution >= 4 is 5.91 Å². The Morgan fingerprint density at radius 2 is 2.24 bits per heavy atom. The number of rotatable bonds is 5. The third-order valence-corrected chi connectivity index (χ3v) is 4.43. The zero-order valence-corrected chi connectivity index (χ0v) is 13.0. The molecule has 0 heterocycles. The van der Waals surface area contributed by atoms with Gasteiger partial charge in [0.05, 0.1) is 19.1 Å². The molecule has 2 unspecified atom stereocenters. The Morgan fingerprint density at radius 1 is 1.48 bits per heavy atom. The van der Waals surface area contributed by atoms with Crippen LogP contribution in [0.3, 0.4) is 0 Å². The summed E-state index contributed by atoms with van der Waals surface area (Å²) >= 11 is 0. The zero-order chi connectivity index (χ0) is 15.3. The van der Waals surface area contributed by atoms with E-state index in [9.17, 15) is 4.79 Å². The summed E-state index contributed by atoms with van der Waals surface area (Å²) < 4.78 is 5.30. The van der Waals surface area contributed by atoms with Crippen LogP contribution < -0.4 is 15.8 Å². The van der Waals surface area contributed by atoms with Crippen LogP contribution in [0.2, 0.25) is 0 Å². The fourth-order valence-electron chi connectivity index (χ4n) is 3.37. The summed E-state index contributed by atoms with van der Waals surface area (Å²) in [4.78, 5) is 12.4. The molecule has 1 saturated carbocycles. The van der Waals surface area contributed by atoms with E-state index >= 15 is 0 Å². The number of carbonyl (C=O) groups is 1. The molecule has 0 saturated heterocycles. The molecule has 116 valence electrons. The molecule has 2 rings (SSSR count). The highest BCUT2D eigenvalue weighted by atomic mass is 16.5. The summed E-state index contributed by atoms with van der Waals surface area (Å²) in [5, 5.41) is 3.19. The molecular weight excluding hydrogens is 264 g/mol. The number of methoxy groups -OCH3 is 1.